The second kappa shape index (κ2) is 13.9. The van der Waals surface area contributed by atoms with E-state index in [4.69, 9.17) is 0 Å². The molecule has 1 heterocycles. The highest BCUT2D eigenvalue weighted by atomic mass is 31.2. The maximum Gasteiger partial charge on any atom is 0.200 e. The van der Waals surface area contributed by atoms with Crippen LogP contribution in [0.2, 0.25) is 12.6 Å². The molecule has 1 fully saturated rings. The molecule has 0 amide bonds. The first-order valence-corrected chi connectivity index (χ1v) is 18.8. The zero-order valence-electron chi connectivity index (χ0n) is 27.4. The Labute approximate surface area is 294 Å². The summed E-state index contributed by atoms with van der Waals surface area (Å²) in [5.74, 6) is -24.6. The van der Waals surface area contributed by atoms with Crippen LogP contribution in [0.1, 0.15) is 25.7 Å². The Kier molecular flexibility index (Phi) is 9.62. The molecule has 5 aromatic rings. The monoisotopic (exact) mass is 742 g/mol. The number of rotatable bonds is 6. The molecule has 268 valence electrons. The maximum atomic E-state index is 16.3. The maximum absolute atomic E-state index is 16.3. The molecule has 0 saturated carbocycles. The van der Waals surface area contributed by atoms with E-state index in [1.54, 1.807) is 60.7 Å². The van der Waals surface area contributed by atoms with Gasteiger partial charge in [0.15, 0.2) is 34.9 Å². The minimum absolute atomic E-state index is 0.409. The smallest absolute Gasteiger partial charge is 0.200 e. The van der Waals surface area contributed by atoms with Crippen molar-refractivity contribution in [2.24, 2.45) is 5.92 Å². The van der Waals surface area contributed by atoms with Crippen LogP contribution in [0.5, 0.6) is 0 Å². The molecule has 0 bridgehead atoms. The van der Waals surface area contributed by atoms with Crippen LogP contribution in [0, 0.1) is 64.1 Å². The van der Waals surface area contributed by atoms with E-state index < -0.39 is 107 Å². The van der Waals surface area contributed by atoms with Gasteiger partial charge in [0, 0.05) is 5.92 Å². The normalized spacial score (nSPS) is 18.8. The van der Waals surface area contributed by atoms with E-state index in [1.165, 1.54) is 0 Å². The van der Waals surface area contributed by atoms with Crippen molar-refractivity contribution in [3.05, 3.63) is 161 Å². The minimum atomic E-state index is -4.02. The number of allylic oxidation sites excluding steroid dienone is 2. The van der Waals surface area contributed by atoms with Crippen LogP contribution >= 0.6 is 7.26 Å². The van der Waals surface area contributed by atoms with Crippen molar-refractivity contribution in [1.29, 1.82) is 0 Å². The third-order valence-corrected chi connectivity index (χ3v) is 16.0. The van der Waals surface area contributed by atoms with Crippen molar-refractivity contribution in [1.82, 2.24) is 0 Å². The SMILES string of the molecule is Fc1c(F)c(F)c([B-]2(c3c(F)c(F)c(F)c(F)c3F)CC3=CCCCC[C@H]3[C@H]([P+](c3ccccc3)(c3ccccc3)c3ccccc3)C2)c(F)c1F. The average molecular weight is 742 g/mol. The Bertz CT molecular complexity index is 1950. The summed E-state index contributed by atoms with van der Waals surface area (Å²) in [4.78, 5) is 0. The van der Waals surface area contributed by atoms with E-state index >= 15 is 35.1 Å². The van der Waals surface area contributed by atoms with Gasteiger partial charge in [0.05, 0.1) is 11.8 Å². The molecular weight excluding hydrogens is 712 g/mol. The fraction of sp³-hybridized carbons (Fsp3) is 0.200. The molecule has 12 heteroatoms. The first kappa shape index (κ1) is 36.0. The van der Waals surface area contributed by atoms with Gasteiger partial charge in [-0.05, 0) is 55.7 Å². The van der Waals surface area contributed by atoms with Crippen molar-refractivity contribution in [3.8, 4) is 0 Å². The lowest BCUT2D eigenvalue weighted by molar-refractivity contribution is 0.381. The molecule has 1 saturated heterocycles. The van der Waals surface area contributed by atoms with E-state index in [0.29, 0.717) is 31.3 Å². The molecule has 1 aliphatic heterocycles. The van der Waals surface area contributed by atoms with Crippen LogP contribution in [-0.4, -0.2) is 11.8 Å². The van der Waals surface area contributed by atoms with Crippen molar-refractivity contribution in [2.75, 3.05) is 0 Å². The van der Waals surface area contributed by atoms with Gasteiger partial charge >= 0.3 is 0 Å². The third kappa shape index (κ3) is 5.41. The van der Waals surface area contributed by atoms with Gasteiger partial charge in [-0.15, -0.1) is 29.1 Å². The van der Waals surface area contributed by atoms with Gasteiger partial charge in [-0.3, -0.25) is 0 Å². The summed E-state index contributed by atoms with van der Waals surface area (Å²) in [6.45, 7) is 0. The molecule has 0 N–H and O–H groups in total. The predicted octanol–water partition coefficient (Wildman–Crippen LogP) is 9.13. The van der Waals surface area contributed by atoms with Crippen LogP contribution in [0.3, 0.4) is 0 Å². The highest BCUT2D eigenvalue weighted by molar-refractivity contribution is 7.96. The van der Waals surface area contributed by atoms with E-state index in [0.717, 1.165) is 15.9 Å². The van der Waals surface area contributed by atoms with Crippen LogP contribution in [0.15, 0.2) is 103 Å². The summed E-state index contributed by atoms with van der Waals surface area (Å²) >= 11 is 0. The molecule has 0 nitrogen and oxygen atoms in total. The Morgan fingerprint density at radius 1 is 0.462 bits per heavy atom. The van der Waals surface area contributed by atoms with Crippen molar-refractivity contribution in [3.63, 3.8) is 0 Å². The fourth-order valence-corrected chi connectivity index (χ4v) is 14.6. The highest BCUT2D eigenvalue weighted by Crippen LogP contribution is 2.67. The summed E-state index contributed by atoms with van der Waals surface area (Å²) < 4.78 is 156. The first-order chi connectivity index (χ1) is 25.0. The van der Waals surface area contributed by atoms with E-state index in [2.05, 4.69) is 0 Å². The Morgan fingerprint density at radius 2 is 0.827 bits per heavy atom. The number of fused-ring (bicyclic) bond motifs is 1. The van der Waals surface area contributed by atoms with Crippen molar-refractivity contribution < 1.29 is 43.9 Å². The molecule has 2 aliphatic rings. The quantitative estimate of drug-likeness (QED) is 0.0407. The average Bonchev–Trinajstić information content (AvgIpc) is 3.42. The lowest BCUT2D eigenvalue weighted by Crippen LogP contribution is -2.68. The molecule has 0 spiro atoms. The number of hydrogen-bond acceptors (Lipinski definition) is 0. The molecule has 0 radical (unpaired) electrons. The standard InChI is InChI=1S/C40H30BF10P/c42-31-29(32(43)36(47)39(50)35(31)46)41(30-33(44)37(48)40(51)38(49)34(30)45)21-23-13-5-1-12-20-27(23)28(22-41)52(24-14-6-2-7-15-24,25-16-8-3-9-17-25)26-18-10-4-11-19-26/h2-4,6-11,13-19,27-28H,1,5,12,20-22H2/t27-,28-/m1/s1. The van der Waals surface area contributed by atoms with Gasteiger partial charge < -0.3 is 0 Å². The lowest BCUT2D eigenvalue weighted by atomic mass is 9.12. The number of halogens is 10. The molecule has 7 rings (SSSR count). The molecule has 1 aliphatic carbocycles. The summed E-state index contributed by atoms with van der Waals surface area (Å²) in [6, 6.07) is 27.2. The number of benzene rings is 5. The highest BCUT2D eigenvalue weighted by Gasteiger charge is 2.60. The molecule has 5 aromatic carbocycles. The van der Waals surface area contributed by atoms with Crippen molar-refractivity contribution in [2.45, 2.75) is 44.0 Å². The number of hydrogen-bond donors (Lipinski definition) is 0. The summed E-state index contributed by atoms with van der Waals surface area (Å²) in [7, 11) is -3.22. The fourth-order valence-electron chi connectivity index (χ4n) is 9.11. The van der Waals surface area contributed by atoms with Gasteiger partial charge in [0.2, 0.25) is 0 Å². The van der Waals surface area contributed by atoms with Crippen LogP contribution < -0.4 is 26.8 Å². The van der Waals surface area contributed by atoms with E-state index in [-0.39, 0.29) is 0 Å². The summed E-state index contributed by atoms with van der Waals surface area (Å²) in [5, 5.41) is 2.22. The van der Waals surface area contributed by atoms with Crippen LogP contribution in [-0.2, 0) is 0 Å². The Morgan fingerprint density at radius 3 is 1.21 bits per heavy atom. The minimum Gasteiger partial charge on any atom is -0.207 e. The molecule has 0 aromatic heterocycles. The Balaban J connectivity index is 1.69. The zero-order chi connectivity index (χ0) is 36.9. The summed E-state index contributed by atoms with van der Waals surface area (Å²) in [5.41, 5.74) is -3.64. The van der Waals surface area contributed by atoms with Crippen LogP contribution in [0.4, 0.5) is 43.9 Å². The summed E-state index contributed by atoms with van der Waals surface area (Å²) in [6.07, 6.45) is -1.42. The van der Waals surface area contributed by atoms with E-state index in [9.17, 15) is 8.78 Å². The lowest BCUT2D eigenvalue weighted by Gasteiger charge is -2.54. The topological polar surface area (TPSA) is 0 Å². The van der Waals surface area contributed by atoms with Gasteiger partial charge in [-0.1, -0.05) is 67.1 Å². The van der Waals surface area contributed by atoms with Crippen LogP contribution in [0.25, 0.3) is 0 Å². The van der Waals surface area contributed by atoms with Gasteiger partial charge in [0.25, 0.3) is 0 Å². The molecular formula is C40H30BF10P. The second-order valence-electron chi connectivity index (χ2n) is 13.6. The van der Waals surface area contributed by atoms with Gasteiger partial charge in [0.1, 0.15) is 46.4 Å². The van der Waals surface area contributed by atoms with E-state index in [1.807, 2.05) is 36.4 Å². The third-order valence-electron chi connectivity index (χ3n) is 11.1. The molecule has 0 unspecified atom stereocenters. The molecule has 2 atom stereocenters. The van der Waals surface area contributed by atoms with Gasteiger partial charge in [-0.25, -0.2) is 43.9 Å². The largest absolute Gasteiger partial charge is 0.207 e. The first-order valence-electron chi connectivity index (χ1n) is 16.9. The zero-order valence-corrected chi connectivity index (χ0v) is 28.3. The second-order valence-corrected chi connectivity index (χ2v) is 17.3. The predicted molar refractivity (Wildman–Crippen MR) is 186 cm³/mol. The van der Waals surface area contributed by atoms with Crippen molar-refractivity contribution >= 4 is 40.2 Å². The Hall–Kier alpha value is -4.37. The van der Waals surface area contributed by atoms with Gasteiger partial charge in [-0.2, -0.15) is 0 Å². The molecule has 52 heavy (non-hydrogen) atoms.